The van der Waals surface area contributed by atoms with Gasteiger partial charge in [-0.1, -0.05) is 40.0 Å². The van der Waals surface area contributed by atoms with E-state index in [9.17, 15) is 4.79 Å². The van der Waals surface area contributed by atoms with Crippen LogP contribution in [0.1, 0.15) is 68.9 Å². The van der Waals surface area contributed by atoms with Gasteiger partial charge in [0, 0.05) is 24.7 Å². The second kappa shape index (κ2) is 6.54. The molecule has 1 N–H and O–H groups in total. The van der Waals surface area contributed by atoms with Gasteiger partial charge < -0.3 is 5.32 Å². The lowest BCUT2D eigenvalue weighted by molar-refractivity contribution is 0.0945. The number of hydrogen-bond acceptors (Lipinski definition) is 3. The van der Waals surface area contributed by atoms with Crippen molar-refractivity contribution in [3.05, 3.63) is 23.5 Å². The standard InChI is InChI=1S/C19H28N4O/c1-19(2,3)16-10-14(15-12-21-23(4)17(15)22-16)18(24)20-11-13-8-6-5-7-9-13/h10,12-13H,5-9,11H2,1-4H3,(H,20,24). The van der Waals surface area contributed by atoms with Gasteiger partial charge in [0.15, 0.2) is 5.65 Å². The quantitative estimate of drug-likeness (QED) is 0.937. The normalized spacial score (nSPS) is 16.5. The number of aromatic nitrogens is 3. The van der Waals surface area contributed by atoms with Crippen LogP contribution in [0.5, 0.6) is 0 Å². The third-order valence-corrected chi connectivity index (χ3v) is 4.99. The third kappa shape index (κ3) is 3.45. The van der Waals surface area contributed by atoms with E-state index in [-0.39, 0.29) is 11.3 Å². The highest BCUT2D eigenvalue weighted by Crippen LogP contribution is 2.26. The summed E-state index contributed by atoms with van der Waals surface area (Å²) in [5.41, 5.74) is 2.26. The van der Waals surface area contributed by atoms with Crippen molar-refractivity contribution >= 4 is 16.9 Å². The lowest BCUT2D eigenvalue weighted by Gasteiger charge is -2.22. The molecule has 0 aromatic carbocycles. The van der Waals surface area contributed by atoms with Crippen molar-refractivity contribution in [2.45, 2.75) is 58.3 Å². The van der Waals surface area contributed by atoms with Crippen LogP contribution in [-0.4, -0.2) is 27.2 Å². The molecule has 2 aromatic rings. The number of nitrogens with zero attached hydrogens (tertiary/aromatic N) is 3. The van der Waals surface area contributed by atoms with E-state index in [1.807, 2.05) is 13.1 Å². The van der Waals surface area contributed by atoms with E-state index in [0.717, 1.165) is 23.3 Å². The summed E-state index contributed by atoms with van der Waals surface area (Å²) in [7, 11) is 1.87. The van der Waals surface area contributed by atoms with E-state index in [0.29, 0.717) is 11.5 Å². The van der Waals surface area contributed by atoms with Crippen molar-refractivity contribution in [2.24, 2.45) is 13.0 Å². The number of nitrogens with one attached hydrogen (secondary N) is 1. The number of rotatable bonds is 3. The highest BCUT2D eigenvalue weighted by atomic mass is 16.1. The Hall–Kier alpha value is -1.91. The molecular formula is C19H28N4O. The van der Waals surface area contributed by atoms with E-state index >= 15 is 0 Å². The summed E-state index contributed by atoms with van der Waals surface area (Å²) in [5.74, 6) is 0.613. The summed E-state index contributed by atoms with van der Waals surface area (Å²) in [4.78, 5) is 17.5. The Morgan fingerprint density at radius 2 is 2.00 bits per heavy atom. The molecule has 2 aromatic heterocycles. The minimum Gasteiger partial charge on any atom is -0.352 e. The second-order valence-electron chi connectivity index (χ2n) is 8.02. The highest BCUT2D eigenvalue weighted by molar-refractivity contribution is 6.05. The van der Waals surface area contributed by atoms with E-state index in [2.05, 4.69) is 31.2 Å². The number of hydrogen-bond donors (Lipinski definition) is 1. The summed E-state index contributed by atoms with van der Waals surface area (Å²) in [5, 5.41) is 8.26. The predicted molar refractivity (Wildman–Crippen MR) is 96.1 cm³/mol. The Morgan fingerprint density at radius 3 is 2.67 bits per heavy atom. The molecule has 1 saturated carbocycles. The summed E-state index contributed by atoms with van der Waals surface area (Å²) in [6.45, 7) is 7.11. The van der Waals surface area contributed by atoms with Crippen LogP contribution >= 0.6 is 0 Å². The molecule has 5 heteroatoms. The Morgan fingerprint density at radius 1 is 1.29 bits per heavy atom. The molecule has 1 fully saturated rings. The first-order chi connectivity index (χ1) is 11.4. The second-order valence-corrected chi connectivity index (χ2v) is 8.02. The largest absolute Gasteiger partial charge is 0.352 e. The Kier molecular flexibility index (Phi) is 4.61. The first-order valence-corrected chi connectivity index (χ1v) is 8.97. The summed E-state index contributed by atoms with van der Waals surface area (Å²) in [6.07, 6.45) is 8.11. The minimum absolute atomic E-state index is 0.00789. The fourth-order valence-electron chi connectivity index (χ4n) is 3.41. The van der Waals surface area contributed by atoms with Crippen molar-refractivity contribution in [3.8, 4) is 0 Å². The lowest BCUT2D eigenvalue weighted by Crippen LogP contribution is -2.30. The maximum Gasteiger partial charge on any atom is 0.252 e. The zero-order valence-corrected chi connectivity index (χ0v) is 15.2. The van der Waals surface area contributed by atoms with Crippen molar-refractivity contribution in [1.82, 2.24) is 20.1 Å². The van der Waals surface area contributed by atoms with Gasteiger partial charge in [-0.2, -0.15) is 5.10 Å². The first kappa shape index (κ1) is 16.9. The number of fused-ring (bicyclic) bond motifs is 1. The molecule has 0 radical (unpaired) electrons. The van der Waals surface area contributed by atoms with Crippen molar-refractivity contribution in [2.75, 3.05) is 6.54 Å². The summed E-state index contributed by atoms with van der Waals surface area (Å²) < 4.78 is 1.74. The number of amides is 1. The first-order valence-electron chi connectivity index (χ1n) is 8.97. The smallest absolute Gasteiger partial charge is 0.252 e. The van der Waals surface area contributed by atoms with E-state index < -0.39 is 0 Å². The molecule has 5 nitrogen and oxygen atoms in total. The van der Waals surface area contributed by atoms with Crippen molar-refractivity contribution in [1.29, 1.82) is 0 Å². The van der Waals surface area contributed by atoms with Gasteiger partial charge >= 0.3 is 0 Å². The molecule has 130 valence electrons. The molecule has 1 aliphatic rings. The fourth-order valence-corrected chi connectivity index (χ4v) is 3.41. The number of pyridine rings is 1. The van der Waals surface area contributed by atoms with Crippen LogP contribution < -0.4 is 5.32 Å². The van der Waals surface area contributed by atoms with Crippen LogP contribution in [0.25, 0.3) is 11.0 Å². The lowest BCUT2D eigenvalue weighted by atomic mass is 9.89. The maximum absolute atomic E-state index is 12.8. The summed E-state index contributed by atoms with van der Waals surface area (Å²) in [6, 6.07) is 1.93. The van der Waals surface area contributed by atoms with E-state index in [1.165, 1.54) is 32.1 Å². The molecule has 0 unspecified atom stereocenters. The van der Waals surface area contributed by atoms with Crippen LogP contribution in [0.4, 0.5) is 0 Å². The highest BCUT2D eigenvalue weighted by Gasteiger charge is 2.23. The van der Waals surface area contributed by atoms with Crippen molar-refractivity contribution in [3.63, 3.8) is 0 Å². The van der Waals surface area contributed by atoms with Gasteiger partial charge in [-0.05, 0) is 24.8 Å². The zero-order chi connectivity index (χ0) is 17.3. The molecule has 1 aliphatic carbocycles. The predicted octanol–water partition coefficient (Wildman–Crippen LogP) is 3.58. The average Bonchev–Trinajstić information content (AvgIpc) is 2.93. The van der Waals surface area contributed by atoms with Gasteiger partial charge in [0.1, 0.15) is 0 Å². The van der Waals surface area contributed by atoms with Crippen molar-refractivity contribution < 1.29 is 4.79 Å². The Balaban J connectivity index is 1.87. The van der Waals surface area contributed by atoms with Crippen LogP contribution in [-0.2, 0) is 12.5 Å². The molecule has 0 bridgehead atoms. The van der Waals surface area contributed by atoms with Gasteiger partial charge in [0.05, 0.1) is 17.1 Å². The number of carbonyl (C=O) groups excluding carboxylic acids is 1. The van der Waals surface area contributed by atoms with E-state index in [1.54, 1.807) is 10.9 Å². The minimum atomic E-state index is -0.114. The van der Waals surface area contributed by atoms with E-state index in [4.69, 9.17) is 4.98 Å². The molecule has 0 spiro atoms. The van der Waals surface area contributed by atoms with Gasteiger partial charge in [-0.25, -0.2) is 4.98 Å². The molecule has 3 rings (SSSR count). The molecule has 2 heterocycles. The van der Waals surface area contributed by atoms with Crippen LogP contribution in [0, 0.1) is 5.92 Å². The topological polar surface area (TPSA) is 59.8 Å². The van der Waals surface area contributed by atoms with Crippen LogP contribution in [0.3, 0.4) is 0 Å². The maximum atomic E-state index is 12.8. The molecule has 1 amide bonds. The summed E-state index contributed by atoms with van der Waals surface area (Å²) >= 11 is 0. The average molecular weight is 328 g/mol. The number of aryl methyl sites for hydroxylation is 1. The zero-order valence-electron chi connectivity index (χ0n) is 15.2. The third-order valence-electron chi connectivity index (χ3n) is 4.99. The number of carbonyl (C=O) groups is 1. The molecule has 0 aliphatic heterocycles. The van der Waals surface area contributed by atoms with Gasteiger partial charge in [0.25, 0.3) is 5.91 Å². The van der Waals surface area contributed by atoms with Gasteiger partial charge in [-0.15, -0.1) is 0 Å². The fraction of sp³-hybridized carbons (Fsp3) is 0.632. The molecule has 0 atom stereocenters. The van der Waals surface area contributed by atoms with Crippen LogP contribution in [0.15, 0.2) is 12.3 Å². The molecule has 24 heavy (non-hydrogen) atoms. The van der Waals surface area contributed by atoms with Gasteiger partial charge in [-0.3, -0.25) is 9.48 Å². The van der Waals surface area contributed by atoms with Crippen LogP contribution in [0.2, 0.25) is 0 Å². The van der Waals surface area contributed by atoms with Gasteiger partial charge in [0.2, 0.25) is 0 Å². The molecule has 0 saturated heterocycles. The Bertz CT molecular complexity index is 736. The SMILES string of the molecule is Cn1ncc2c(C(=O)NCC3CCCCC3)cc(C(C)(C)C)nc21. The molecular weight excluding hydrogens is 300 g/mol. The monoisotopic (exact) mass is 328 g/mol. The Labute approximate surface area is 143 Å².